The van der Waals surface area contributed by atoms with Crippen LogP contribution in [0.5, 0.6) is 0 Å². The van der Waals surface area contributed by atoms with E-state index in [0.717, 1.165) is 12.8 Å². The summed E-state index contributed by atoms with van der Waals surface area (Å²) in [5.41, 5.74) is 1.37. The maximum Gasteiger partial charge on any atom is 0.358 e. The molecule has 2 aromatic rings. The maximum atomic E-state index is 11.2. The second-order valence-corrected chi connectivity index (χ2v) is 5.59. The number of aromatic nitrogens is 3. The van der Waals surface area contributed by atoms with Crippen LogP contribution in [0, 0.1) is 0 Å². The highest BCUT2D eigenvalue weighted by molar-refractivity contribution is 9.10. The van der Waals surface area contributed by atoms with Gasteiger partial charge in [0.1, 0.15) is 0 Å². The fourth-order valence-corrected chi connectivity index (χ4v) is 2.60. The van der Waals surface area contributed by atoms with Crippen LogP contribution in [0.2, 0.25) is 5.02 Å². The van der Waals surface area contributed by atoms with E-state index >= 15 is 0 Å². The Morgan fingerprint density at radius 3 is 2.84 bits per heavy atom. The fourth-order valence-electron chi connectivity index (χ4n) is 2.00. The van der Waals surface area contributed by atoms with Gasteiger partial charge in [-0.25, -0.2) is 9.48 Å². The second kappa shape index (κ2) is 4.61. The van der Waals surface area contributed by atoms with Crippen LogP contribution in [0.1, 0.15) is 34.9 Å². The van der Waals surface area contributed by atoms with Crippen molar-refractivity contribution in [2.24, 2.45) is 0 Å². The molecule has 19 heavy (non-hydrogen) atoms. The zero-order valence-corrected chi connectivity index (χ0v) is 12.0. The van der Waals surface area contributed by atoms with E-state index < -0.39 is 5.97 Å². The first-order valence-corrected chi connectivity index (χ1v) is 6.90. The van der Waals surface area contributed by atoms with Gasteiger partial charge in [-0.3, -0.25) is 0 Å². The SMILES string of the molecule is O=C(O)c1nnn(-c2cccc(Cl)c2Br)c1C1CC1. The second-order valence-electron chi connectivity index (χ2n) is 4.39. The quantitative estimate of drug-likeness (QED) is 0.929. The first kappa shape index (κ1) is 12.6. The van der Waals surface area contributed by atoms with Gasteiger partial charge < -0.3 is 5.11 Å². The highest BCUT2D eigenvalue weighted by Gasteiger charge is 2.34. The Morgan fingerprint density at radius 2 is 2.21 bits per heavy atom. The molecule has 98 valence electrons. The topological polar surface area (TPSA) is 68.0 Å². The number of carbonyl (C=O) groups is 1. The Kier molecular flexibility index (Phi) is 3.06. The lowest BCUT2D eigenvalue weighted by Gasteiger charge is -2.09. The average Bonchev–Trinajstić information content (AvgIpc) is 3.11. The summed E-state index contributed by atoms with van der Waals surface area (Å²) in [5.74, 6) is -0.835. The highest BCUT2D eigenvalue weighted by Crippen LogP contribution is 2.43. The molecule has 1 aromatic heterocycles. The van der Waals surface area contributed by atoms with Crippen molar-refractivity contribution in [2.45, 2.75) is 18.8 Å². The van der Waals surface area contributed by atoms with E-state index in [1.165, 1.54) is 0 Å². The largest absolute Gasteiger partial charge is 0.476 e. The van der Waals surface area contributed by atoms with Gasteiger partial charge in [-0.2, -0.15) is 0 Å². The lowest BCUT2D eigenvalue weighted by atomic mass is 10.2. The van der Waals surface area contributed by atoms with E-state index in [-0.39, 0.29) is 11.6 Å². The predicted octanol–water partition coefficient (Wildman–Crippen LogP) is 3.26. The van der Waals surface area contributed by atoms with E-state index in [1.54, 1.807) is 16.8 Å². The van der Waals surface area contributed by atoms with E-state index in [0.29, 0.717) is 20.9 Å². The third-order valence-corrected chi connectivity index (χ3v) is 4.41. The zero-order valence-electron chi connectivity index (χ0n) is 9.68. The number of hydrogen-bond acceptors (Lipinski definition) is 3. The predicted molar refractivity (Wildman–Crippen MR) is 73.0 cm³/mol. The van der Waals surface area contributed by atoms with Crippen molar-refractivity contribution in [3.05, 3.63) is 39.1 Å². The van der Waals surface area contributed by atoms with Gasteiger partial charge in [0.2, 0.25) is 0 Å². The van der Waals surface area contributed by atoms with E-state index in [9.17, 15) is 9.90 Å². The summed E-state index contributed by atoms with van der Waals surface area (Å²) in [7, 11) is 0. The number of aromatic carboxylic acids is 1. The standard InChI is InChI=1S/C12H9BrClN3O2/c13-9-7(14)2-1-3-8(9)17-11(6-4-5-6)10(12(18)19)15-16-17/h1-3,6H,4-5H2,(H,18,19). The van der Waals surface area contributed by atoms with Gasteiger partial charge in [0.25, 0.3) is 0 Å². The van der Waals surface area contributed by atoms with Gasteiger partial charge in [-0.15, -0.1) is 5.10 Å². The van der Waals surface area contributed by atoms with Crippen molar-refractivity contribution < 1.29 is 9.90 Å². The number of halogens is 2. The minimum Gasteiger partial charge on any atom is -0.476 e. The molecule has 0 saturated heterocycles. The first-order chi connectivity index (χ1) is 9.09. The number of carboxylic acids is 1. The van der Waals surface area contributed by atoms with Crippen molar-refractivity contribution in [1.29, 1.82) is 0 Å². The summed E-state index contributed by atoms with van der Waals surface area (Å²) in [6.45, 7) is 0. The molecule has 0 bridgehead atoms. The maximum absolute atomic E-state index is 11.2. The summed E-state index contributed by atoms with van der Waals surface area (Å²) < 4.78 is 2.25. The van der Waals surface area contributed by atoms with Crippen LogP contribution in [-0.4, -0.2) is 26.1 Å². The minimum atomic E-state index is -1.05. The normalized spacial score (nSPS) is 14.6. The lowest BCUT2D eigenvalue weighted by molar-refractivity contribution is 0.0689. The van der Waals surface area contributed by atoms with Crippen LogP contribution in [0.3, 0.4) is 0 Å². The van der Waals surface area contributed by atoms with Gasteiger partial charge >= 0.3 is 5.97 Å². The van der Waals surface area contributed by atoms with Gasteiger partial charge in [0.15, 0.2) is 5.69 Å². The molecular weight excluding hydrogens is 334 g/mol. The van der Waals surface area contributed by atoms with Gasteiger partial charge in [-0.05, 0) is 40.9 Å². The monoisotopic (exact) mass is 341 g/mol. The number of hydrogen-bond donors (Lipinski definition) is 1. The van der Waals surface area contributed by atoms with Gasteiger partial charge in [0, 0.05) is 5.92 Å². The average molecular weight is 343 g/mol. The smallest absolute Gasteiger partial charge is 0.358 e. The molecule has 7 heteroatoms. The molecule has 1 aliphatic carbocycles. The summed E-state index contributed by atoms with van der Waals surface area (Å²) in [6.07, 6.45) is 1.93. The zero-order chi connectivity index (χ0) is 13.6. The molecule has 0 atom stereocenters. The highest BCUT2D eigenvalue weighted by atomic mass is 79.9. The Hall–Kier alpha value is -1.40. The fraction of sp³-hybridized carbons (Fsp3) is 0.250. The van der Waals surface area contributed by atoms with Crippen LogP contribution >= 0.6 is 27.5 Å². The third kappa shape index (κ3) is 2.15. The first-order valence-electron chi connectivity index (χ1n) is 5.73. The van der Waals surface area contributed by atoms with E-state index in [4.69, 9.17) is 11.6 Å². The summed E-state index contributed by atoms with van der Waals surface area (Å²) in [4.78, 5) is 11.2. The molecule has 0 amide bonds. The van der Waals surface area contributed by atoms with Crippen LogP contribution in [-0.2, 0) is 0 Å². The molecule has 1 saturated carbocycles. The molecule has 3 rings (SSSR count). The molecule has 0 radical (unpaired) electrons. The van der Waals surface area contributed by atoms with Crippen LogP contribution < -0.4 is 0 Å². The summed E-state index contributed by atoms with van der Waals surface area (Å²) in [5, 5.41) is 17.5. The number of rotatable bonds is 3. The molecule has 1 fully saturated rings. The van der Waals surface area contributed by atoms with E-state index in [1.807, 2.05) is 6.07 Å². The summed E-state index contributed by atoms with van der Waals surface area (Å²) >= 11 is 9.45. The number of carboxylic acid groups (broad SMARTS) is 1. The van der Waals surface area contributed by atoms with Crippen molar-refractivity contribution in [2.75, 3.05) is 0 Å². The van der Waals surface area contributed by atoms with Gasteiger partial charge in [0.05, 0.1) is 20.9 Å². The number of nitrogens with zero attached hydrogens (tertiary/aromatic N) is 3. The molecule has 1 heterocycles. The molecule has 0 unspecified atom stereocenters. The van der Waals surface area contributed by atoms with Crippen molar-refractivity contribution in [1.82, 2.24) is 15.0 Å². The molecule has 5 nitrogen and oxygen atoms in total. The van der Waals surface area contributed by atoms with Crippen LogP contribution in [0.25, 0.3) is 5.69 Å². The molecule has 1 aromatic carbocycles. The number of benzene rings is 1. The van der Waals surface area contributed by atoms with Crippen LogP contribution in [0.15, 0.2) is 22.7 Å². The van der Waals surface area contributed by atoms with Crippen molar-refractivity contribution >= 4 is 33.5 Å². The Labute approximate surface area is 122 Å². The molecule has 0 aliphatic heterocycles. The Bertz CT molecular complexity index is 667. The minimum absolute atomic E-state index is 0.0226. The Morgan fingerprint density at radius 1 is 1.47 bits per heavy atom. The van der Waals surface area contributed by atoms with Crippen molar-refractivity contribution in [3.8, 4) is 5.69 Å². The van der Waals surface area contributed by atoms with Gasteiger partial charge in [-0.1, -0.05) is 22.9 Å². The molecule has 1 N–H and O–H groups in total. The van der Waals surface area contributed by atoms with Crippen molar-refractivity contribution in [3.63, 3.8) is 0 Å². The van der Waals surface area contributed by atoms with Crippen LogP contribution in [0.4, 0.5) is 0 Å². The molecule has 1 aliphatic rings. The molecule has 0 spiro atoms. The van der Waals surface area contributed by atoms with E-state index in [2.05, 4.69) is 26.2 Å². The Balaban J connectivity index is 2.20. The molecular formula is C12H9BrClN3O2. The summed E-state index contributed by atoms with van der Waals surface area (Å²) in [6, 6.07) is 5.37. The third-order valence-electron chi connectivity index (χ3n) is 3.03. The lowest BCUT2D eigenvalue weighted by Crippen LogP contribution is -2.06.